The molecule has 0 saturated carbocycles. The molecule has 1 aromatic rings. The van der Waals surface area contributed by atoms with Crippen LogP contribution >= 0.6 is 22.6 Å². The highest BCUT2D eigenvalue weighted by molar-refractivity contribution is 14.1. The summed E-state index contributed by atoms with van der Waals surface area (Å²) in [7, 11) is 0. The lowest BCUT2D eigenvalue weighted by molar-refractivity contribution is 0.0936. The van der Waals surface area contributed by atoms with Gasteiger partial charge in [-0.05, 0) is 40.8 Å². The second-order valence-corrected chi connectivity index (χ2v) is 4.21. The monoisotopic (exact) mass is 352 g/mol. The minimum atomic E-state index is -0.893. The van der Waals surface area contributed by atoms with Gasteiger partial charge in [-0.15, -0.1) is 0 Å². The van der Waals surface area contributed by atoms with Crippen LogP contribution in [0.25, 0.3) is 0 Å². The van der Waals surface area contributed by atoms with E-state index in [0.29, 0.717) is 9.13 Å². The van der Waals surface area contributed by atoms with E-state index in [2.05, 4.69) is 10.1 Å². The van der Waals surface area contributed by atoms with Crippen LogP contribution in [0.2, 0.25) is 0 Å². The van der Waals surface area contributed by atoms with Gasteiger partial charge in [0.05, 0.1) is 12.1 Å². The highest BCUT2D eigenvalue weighted by Gasteiger charge is 2.09. The molecule has 0 unspecified atom stereocenters. The quantitative estimate of drug-likeness (QED) is 0.632. The fourth-order valence-corrected chi connectivity index (χ4v) is 1.81. The molecule has 0 heterocycles. The molecule has 0 bridgehead atoms. The summed E-state index contributed by atoms with van der Waals surface area (Å²) < 4.78 is 17.7. The van der Waals surface area contributed by atoms with E-state index in [-0.39, 0.29) is 19.1 Å². The molecule has 0 aliphatic carbocycles. The van der Waals surface area contributed by atoms with Crippen molar-refractivity contribution in [1.82, 2.24) is 5.32 Å². The van der Waals surface area contributed by atoms with Crippen molar-refractivity contribution in [3.8, 4) is 0 Å². The summed E-state index contributed by atoms with van der Waals surface area (Å²) in [4.78, 5) is 21.9. The topological polar surface area (TPSA) is 81.4 Å². The molecule has 0 aliphatic rings. The Hall–Kier alpha value is -1.38. The fraction of sp³-hybridized carbons (Fsp3) is 0.200. The Balaban J connectivity index is 2.50. The molecule has 1 rings (SSSR count). The Morgan fingerprint density at radius 1 is 1.47 bits per heavy atom. The fourth-order valence-electron chi connectivity index (χ4n) is 1.09. The van der Waals surface area contributed by atoms with Gasteiger partial charge in [0.1, 0.15) is 12.4 Å². The summed E-state index contributed by atoms with van der Waals surface area (Å²) in [6, 6.07) is 3.85. The van der Waals surface area contributed by atoms with Crippen LogP contribution in [0.4, 0.5) is 9.18 Å². The molecule has 1 aromatic carbocycles. The number of carbonyl (C=O) groups is 2. The minimum Gasteiger partial charge on any atom is -0.448 e. The molecule has 17 heavy (non-hydrogen) atoms. The Morgan fingerprint density at radius 3 is 2.76 bits per heavy atom. The van der Waals surface area contributed by atoms with Gasteiger partial charge >= 0.3 is 6.09 Å². The Bertz CT molecular complexity index is 440. The van der Waals surface area contributed by atoms with Gasteiger partial charge in [-0.3, -0.25) is 4.79 Å². The summed E-state index contributed by atoms with van der Waals surface area (Å²) in [5, 5.41) is 2.52. The number of hydrogen-bond acceptors (Lipinski definition) is 3. The first kappa shape index (κ1) is 13.7. The van der Waals surface area contributed by atoms with Crippen molar-refractivity contribution in [3.05, 3.63) is 33.1 Å². The first-order valence-electron chi connectivity index (χ1n) is 4.66. The van der Waals surface area contributed by atoms with Crippen LogP contribution in [0.1, 0.15) is 10.4 Å². The maximum Gasteiger partial charge on any atom is 0.404 e. The van der Waals surface area contributed by atoms with Crippen molar-refractivity contribution < 1.29 is 18.7 Å². The third-order valence-electron chi connectivity index (χ3n) is 1.81. The third kappa shape index (κ3) is 4.55. The normalized spacial score (nSPS) is 9.76. The molecule has 2 amide bonds. The molecule has 92 valence electrons. The van der Waals surface area contributed by atoms with Crippen LogP contribution in [-0.4, -0.2) is 25.2 Å². The Morgan fingerprint density at radius 2 is 2.18 bits per heavy atom. The number of hydrogen-bond donors (Lipinski definition) is 2. The number of ether oxygens (including phenoxy) is 1. The number of carbonyl (C=O) groups excluding carboxylic acids is 2. The molecule has 0 spiro atoms. The van der Waals surface area contributed by atoms with Crippen molar-refractivity contribution in [1.29, 1.82) is 0 Å². The van der Waals surface area contributed by atoms with E-state index in [9.17, 15) is 14.0 Å². The average Bonchev–Trinajstić information content (AvgIpc) is 2.23. The van der Waals surface area contributed by atoms with Crippen LogP contribution in [-0.2, 0) is 4.74 Å². The van der Waals surface area contributed by atoms with E-state index >= 15 is 0 Å². The minimum absolute atomic E-state index is 0.00114. The van der Waals surface area contributed by atoms with Crippen molar-refractivity contribution >= 4 is 34.6 Å². The zero-order valence-corrected chi connectivity index (χ0v) is 10.9. The standard InChI is InChI=1S/C10H10FIN2O3/c11-6-1-2-7(8(12)5-6)9(15)14-3-4-17-10(13)16/h1-2,5H,3-4H2,(H2,13,16)(H,14,15). The number of primary amides is 1. The predicted octanol–water partition coefficient (Wildman–Crippen LogP) is 1.26. The number of nitrogens with two attached hydrogens (primary N) is 1. The van der Waals surface area contributed by atoms with Gasteiger partial charge in [0.2, 0.25) is 0 Å². The van der Waals surface area contributed by atoms with Gasteiger partial charge in [-0.1, -0.05) is 0 Å². The van der Waals surface area contributed by atoms with E-state index in [4.69, 9.17) is 5.73 Å². The summed E-state index contributed by atoms with van der Waals surface area (Å²) >= 11 is 1.87. The van der Waals surface area contributed by atoms with Crippen LogP contribution in [0, 0.1) is 9.39 Å². The third-order valence-corrected chi connectivity index (χ3v) is 2.70. The molecule has 3 N–H and O–H groups in total. The first-order chi connectivity index (χ1) is 8.00. The van der Waals surface area contributed by atoms with Gasteiger partial charge in [0.25, 0.3) is 5.91 Å². The number of rotatable bonds is 4. The number of nitrogens with one attached hydrogen (secondary N) is 1. The van der Waals surface area contributed by atoms with Crippen LogP contribution in [0.5, 0.6) is 0 Å². The number of benzene rings is 1. The van der Waals surface area contributed by atoms with E-state index in [0.717, 1.165) is 0 Å². The molecular formula is C10H10FIN2O3. The lowest BCUT2D eigenvalue weighted by atomic mass is 10.2. The van der Waals surface area contributed by atoms with Gasteiger partial charge in [0.15, 0.2) is 0 Å². The van der Waals surface area contributed by atoms with Crippen molar-refractivity contribution in [3.63, 3.8) is 0 Å². The van der Waals surface area contributed by atoms with Crippen LogP contribution in [0.15, 0.2) is 18.2 Å². The predicted molar refractivity (Wildman–Crippen MR) is 67.0 cm³/mol. The van der Waals surface area contributed by atoms with Gasteiger partial charge < -0.3 is 15.8 Å². The van der Waals surface area contributed by atoms with Gasteiger partial charge in [0, 0.05) is 3.57 Å². The molecule has 5 nitrogen and oxygen atoms in total. The van der Waals surface area contributed by atoms with Crippen molar-refractivity contribution in [2.24, 2.45) is 5.73 Å². The van der Waals surface area contributed by atoms with E-state index < -0.39 is 11.9 Å². The molecule has 0 atom stereocenters. The van der Waals surface area contributed by atoms with Crippen molar-refractivity contribution in [2.45, 2.75) is 0 Å². The zero-order chi connectivity index (χ0) is 12.8. The summed E-state index contributed by atoms with van der Waals surface area (Å²) in [6.45, 7) is 0.147. The number of amides is 2. The van der Waals surface area contributed by atoms with Gasteiger partial charge in [-0.25, -0.2) is 9.18 Å². The Kier molecular flexibility index (Phi) is 5.13. The van der Waals surface area contributed by atoms with E-state index in [1.54, 1.807) is 0 Å². The molecule has 0 radical (unpaired) electrons. The molecule has 0 saturated heterocycles. The molecule has 0 aromatic heterocycles. The summed E-state index contributed by atoms with van der Waals surface area (Å²) in [6.07, 6.45) is -0.893. The van der Waals surface area contributed by atoms with E-state index in [1.165, 1.54) is 18.2 Å². The lowest BCUT2D eigenvalue weighted by Crippen LogP contribution is -2.29. The molecule has 0 fully saturated rings. The van der Waals surface area contributed by atoms with Gasteiger partial charge in [-0.2, -0.15) is 0 Å². The van der Waals surface area contributed by atoms with E-state index in [1.807, 2.05) is 22.6 Å². The maximum absolute atomic E-state index is 12.8. The zero-order valence-electron chi connectivity index (χ0n) is 8.70. The second-order valence-electron chi connectivity index (χ2n) is 3.05. The lowest BCUT2D eigenvalue weighted by Gasteiger charge is -2.06. The maximum atomic E-state index is 12.8. The first-order valence-corrected chi connectivity index (χ1v) is 5.74. The second kappa shape index (κ2) is 6.38. The Labute approximate surface area is 111 Å². The van der Waals surface area contributed by atoms with Crippen molar-refractivity contribution in [2.75, 3.05) is 13.2 Å². The highest BCUT2D eigenvalue weighted by atomic mass is 127. The summed E-state index contributed by atoms with van der Waals surface area (Å²) in [5.74, 6) is -0.759. The largest absolute Gasteiger partial charge is 0.448 e. The van der Waals surface area contributed by atoms with Crippen LogP contribution in [0.3, 0.4) is 0 Å². The smallest absolute Gasteiger partial charge is 0.404 e. The number of halogens is 2. The average molecular weight is 352 g/mol. The molecule has 7 heteroatoms. The molecular weight excluding hydrogens is 342 g/mol. The highest BCUT2D eigenvalue weighted by Crippen LogP contribution is 2.13. The molecule has 0 aliphatic heterocycles. The SMILES string of the molecule is NC(=O)OCCNC(=O)c1ccc(F)cc1I. The van der Waals surface area contributed by atoms with Crippen LogP contribution < -0.4 is 11.1 Å². The summed E-state index contributed by atoms with van der Waals surface area (Å²) in [5.41, 5.74) is 5.11.